The summed E-state index contributed by atoms with van der Waals surface area (Å²) in [5.41, 5.74) is 1.91. The Morgan fingerprint density at radius 3 is 2.82 bits per heavy atom. The van der Waals surface area contributed by atoms with Gasteiger partial charge in [0.05, 0.1) is 6.04 Å². The van der Waals surface area contributed by atoms with E-state index in [4.69, 9.17) is 26.2 Å². The molecule has 0 spiro atoms. The van der Waals surface area contributed by atoms with Crippen molar-refractivity contribution in [1.82, 2.24) is 9.88 Å². The van der Waals surface area contributed by atoms with Crippen LogP contribution in [0.4, 0.5) is 9.18 Å². The van der Waals surface area contributed by atoms with E-state index in [2.05, 4.69) is 4.98 Å². The second-order valence-corrected chi connectivity index (χ2v) is 9.23. The number of rotatable bonds is 6. The molecule has 0 saturated heterocycles. The van der Waals surface area contributed by atoms with E-state index in [1.165, 1.54) is 28.4 Å². The minimum atomic E-state index is -1.14. The van der Waals surface area contributed by atoms with Gasteiger partial charge in [0.2, 0.25) is 0 Å². The molecule has 7 nitrogen and oxygen atoms in total. The summed E-state index contributed by atoms with van der Waals surface area (Å²) < 4.78 is 24.9. The van der Waals surface area contributed by atoms with Crippen LogP contribution in [0.5, 0.6) is 5.75 Å². The topological polar surface area (TPSA) is 89.0 Å². The number of carboxylic acids is 1. The number of aryl methyl sites for hydroxylation is 1. The highest BCUT2D eigenvalue weighted by Gasteiger charge is 2.35. The summed E-state index contributed by atoms with van der Waals surface area (Å²) in [5.74, 6) is -1.26. The van der Waals surface area contributed by atoms with Crippen molar-refractivity contribution in [2.75, 3.05) is 13.2 Å². The Morgan fingerprint density at radius 1 is 1.27 bits per heavy atom. The first-order valence-electron chi connectivity index (χ1n) is 10.1. The number of carboxylic acid groups (broad SMARTS) is 1. The van der Waals surface area contributed by atoms with Gasteiger partial charge in [0.25, 0.3) is 0 Å². The lowest BCUT2D eigenvalue weighted by Gasteiger charge is -2.37. The molecule has 0 saturated carbocycles. The lowest BCUT2D eigenvalue weighted by atomic mass is 9.88. The lowest BCUT2D eigenvalue weighted by Crippen LogP contribution is -2.41. The lowest BCUT2D eigenvalue weighted by molar-refractivity contribution is -0.139. The second kappa shape index (κ2) is 9.76. The molecule has 4 rings (SSSR count). The van der Waals surface area contributed by atoms with E-state index in [-0.39, 0.29) is 24.7 Å². The minimum absolute atomic E-state index is 0.0226. The molecule has 2 heterocycles. The fraction of sp³-hybridized carbons (Fsp3) is 0.261. The molecule has 2 aromatic carbocycles. The average molecular weight is 491 g/mol. The van der Waals surface area contributed by atoms with Gasteiger partial charge in [0, 0.05) is 28.2 Å². The predicted octanol–water partition coefficient (Wildman–Crippen LogP) is 4.99. The van der Waals surface area contributed by atoms with Crippen molar-refractivity contribution in [2.45, 2.75) is 26.0 Å². The van der Waals surface area contributed by atoms with Gasteiger partial charge in [0.1, 0.15) is 23.2 Å². The van der Waals surface area contributed by atoms with Gasteiger partial charge in [-0.15, -0.1) is 11.3 Å². The molecule has 0 bridgehead atoms. The molecule has 172 valence electrons. The number of hydrogen-bond acceptors (Lipinski definition) is 6. The van der Waals surface area contributed by atoms with Crippen LogP contribution in [-0.4, -0.2) is 40.2 Å². The van der Waals surface area contributed by atoms with Crippen molar-refractivity contribution in [1.29, 1.82) is 0 Å². The van der Waals surface area contributed by atoms with E-state index in [9.17, 15) is 14.0 Å². The van der Waals surface area contributed by atoms with Crippen LogP contribution in [0.25, 0.3) is 0 Å². The van der Waals surface area contributed by atoms with Crippen LogP contribution in [-0.2, 0) is 22.6 Å². The number of amides is 1. The highest BCUT2D eigenvalue weighted by atomic mass is 35.5. The third-order valence-corrected chi connectivity index (χ3v) is 6.30. The zero-order valence-electron chi connectivity index (χ0n) is 17.6. The molecular weight excluding hydrogens is 471 g/mol. The number of carbonyl (C=O) groups is 2. The quantitative estimate of drug-likeness (QED) is 0.523. The van der Waals surface area contributed by atoms with E-state index in [1.54, 1.807) is 30.5 Å². The Labute approximate surface area is 198 Å². The van der Waals surface area contributed by atoms with Crippen molar-refractivity contribution in [3.05, 3.63) is 80.0 Å². The first-order chi connectivity index (χ1) is 15.8. The summed E-state index contributed by atoms with van der Waals surface area (Å²) in [4.78, 5) is 30.9. The number of halogens is 2. The Hall–Kier alpha value is -3.17. The molecule has 1 atom stereocenters. The maximum atomic E-state index is 13.9. The Kier molecular flexibility index (Phi) is 6.80. The highest BCUT2D eigenvalue weighted by molar-refractivity contribution is 7.11. The van der Waals surface area contributed by atoms with Crippen LogP contribution in [0.2, 0.25) is 5.02 Å². The number of hydrogen-bond donors (Lipinski definition) is 1. The van der Waals surface area contributed by atoms with Gasteiger partial charge in [-0.05, 0) is 54.8 Å². The van der Waals surface area contributed by atoms with E-state index in [0.717, 1.165) is 10.4 Å². The number of aromatic nitrogens is 1. The number of nitrogens with zero attached hydrogens (tertiary/aromatic N) is 2. The van der Waals surface area contributed by atoms with Gasteiger partial charge in [-0.2, -0.15) is 0 Å². The molecule has 1 aliphatic rings. The molecule has 1 aromatic heterocycles. The van der Waals surface area contributed by atoms with Gasteiger partial charge >= 0.3 is 12.1 Å². The standard InChI is InChI=1S/C23H20ClFN2O5S/c1-13-10-26-20(33-13)11-32-23(30)27-7-6-14-8-16(25)3-4-17(14)22(27)18-9-15(24)2-5-19(18)31-12-21(28)29/h2-5,8-10,22H,6-7,11-12H2,1H3,(H,28,29)/t22-/m0/s1. The monoisotopic (exact) mass is 490 g/mol. The molecule has 3 aromatic rings. The van der Waals surface area contributed by atoms with E-state index in [0.29, 0.717) is 27.6 Å². The number of carbonyl (C=O) groups excluding carboxylic acids is 1. The number of ether oxygens (including phenoxy) is 2. The molecule has 33 heavy (non-hydrogen) atoms. The number of thiazole rings is 1. The molecule has 0 unspecified atom stereocenters. The van der Waals surface area contributed by atoms with E-state index >= 15 is 0 Å². The van der Waals surface area contributed by atoms with Gasteiger partial charge < -0.3 is 14.6 Å². The molecule has 1 N–H and O–H groups in total. The number of fused-ring (bicyclic) bond motifs is 1. The maximum Gasteiger partial charge on any atom is 0.410 e. The van der Waals surface area contributed by atoms with Crippen molar-refractivity contribution in [3.63, 3.8) is 0 Å². The van der Waals surface area contributed by atoms with Gasteiger partial charge in [0.15, 0.2) is 6.61 Å². The summed E-state index contributed by atoms with van der Waals surface area (Å²) in [6, 6.07) is 8.41. The van der Waals surface area contributed by atoms with Gasteiger partial charge in [-0.3, -0.25) is 4.90 Å². The maximum absolute atomic E-state index is 13.9. The Morgan fingerprint density at radius 2 is 2.09 bits per heavy atom. The Balaban J connectivity index is 1.71. The SMILES string of the molecule is Cc1cnc(COC(=O)N2CCc3cc(F)ccc3[C@H]2c2cc(Cl)ccc2OCC(=O)O)s1. The first kappa shape index (κ1) is 23.0. The minimum Gasteiger partial charge on any atom is -0.482 e. The smallest absolute Gasteiger partial charge is 0.410 e. The van der Waals surface area contributed by atoms with Crippen molar-refractivity contribution in [3.8, 4) is 5.75 Å². The van der Waals surface area contributed by atoms with E-state index < -0.39 is 24.7 Å². The molecular formula is C23H20ClFN2O5S. The first-order valence-corrected chi connectivity index (χ1v) is 11.3. The van der Waals surface area contributed by atoms with Crippen LogP contribution >= 0.6 is 22.9 Å². The fourth-order valence-corrected chi connectivity index (χ4v) is 4.69. The van der Waals surface area contributed by atoms with Crippen LogP contribution in [0.15, 0.2) is 42.6 Å². The molecule has 10 heteroatoms. The van der Waals surface area contributed by atoms with Crippen LogP contribution < -0.4 is 4.74 Å². The fourth-order valence-electron chi connectivity index (χ4n) is 3.81. The zero-order chi connectivity index (χ0) is 23.5. The molecule has 1 aliphatic heterocycles. The normalized spacial score (nSPS) is 15.1. The third kappa shape index (κ3) is 5.26. The van der Waals surface area contributed by atoms with Crippen LogP contribution in [0.1, 0.15) is 32.6 Å². The van der Waals surface area contributed by atoms with Crippen LogP contribution in [0.3, 0.4) is 0 Å². The summed E-state index contributed by atoms with van der Waals surface area (Å²) in [6.45, 7) is 1.64. The Bertz CT molecular complexity index is 1200. The molecule has 0 aliphatic carbocycles. The van der Waals surface area contributed by atoms with Crippen LogP contribution in [0, 0.1) is 12.7 Å². The molecule has 1 amide bonds. The highest BCUT2D eigenvalue weighted by Crippen LogP contribution is 2.41. The number of benzene rings is 2. The molecule has 0 fully saturated rings. The van der Waals surface area contributed by atoms with Crippen molar-refractivity contribution >= 4 is 35.0 Å². The average Bonchev–Trinajstić information content (AvgIpc) is 3.20. The molecule has 0 radical (unpaired) electrons. The summed E-state index contributed by atoms with van der Waals surface area (Å²) in [5, 5.41) is 10.1. The summed E-state index contributed by atoms with van der Waals surface area (Å²) >= 11 is 7.68. The summed E-state index contributed by atoms with van der Waals surface area (Å²) in [7, 11) is 0. The van der Waals surface area contributed by atoms with Crippen molar-refractivity contribution in [2.24, 2.45) is 0 Å². The van der Waals surface area contributed by atoms with Gasteiger partial charge in [-0.1, -0.05) is 17.7 Å². The third-order valence-electron chi connectivity index (χ3n) is 5.17. The largest absolute Gasteiger partial charge is 0.482 e. The second-order valence-electron chi connectivity index (χ2n) is 7.47. The summed E-state index contributed by atoms with van der Waals surface area (Å²) in [6.07, 6.45) is 1.56. The van der Waals surface area contributed by atoms with E-state index in [1.807, 2.05) is 6.92 Å². The van der Waals surface area contributed by atoms with Crippen molar-refractivity contribution < 1.29 is 28.6 Å². The zero-order valence-corrected chi connectivity index (χ0v) is 19.2. The number of aliphatic carboxylic acids is 1. The predicted molar refractivity (Wildman–Crippen MR) is 120 cm³/mol. The van der Waals surface area contributed by atoms with Gasteiger partial charge in [-0.25, -0.2) is 19.0 Å².